The molecule has 2 unspecified atom stereocenters. The highest BCUT2D eigenvalue weighted by Crippen LogP contribution is 2.28. The van der Waals surface area contributed by atoms with Crippen LogP contribution in [0.25, 0.3) is 10.9 Å². The van der Waals surface area contributed by atoms with Gasteiger partial charge < -0.3 is 9.84 Å². The van der Waals surface area contributed by atoms with Crippen molar-refractivity contribution in [3.8, 4) is 0 Å². The van der Waals surface area contributed by atoms with Crippen molar-refractivity contribution in [3.05, 3.63) is 111 Å². The topological polar surface area (TPSA) is 64.3 Å². The Labute approximate surface area is 189 Å². The summed E-state index contributed by atoms with van der Waals surface area (Å²) in [5.41, 5.74) is 3.61. The van der Waals surface area contributed by atoms with Gasteiger partial charge in [-0.05, 0) is 41.8 Å². The third-order valence-electron chi connectivity index (χ3n) is 5.22. The molecule has 5 nitrogen and oxygen atoms in total. The summed E-state index contributed by atoms with van der Waals surface area (Å²) in [7, 11) is 0. The SMILES string of the molecule is Cc1ccccc1C(OCC(O)Cn1cnc2ccc(Br)cc2c1=O)c1ccccc1. The number of hydrogen-bond donors (Lipinski definition) is 1. The van der Waals surface area contributed by atoms with Gasteiger partial charge in [0.2, 0.25) is 0 Å². The molecule has 2 atom stereocenters. The van der Waals surface area contributed by atoms with Gasteiger partial charge >= 0.3 is 0 Å². The summed E-state index contributed by atoms with van der Waals surface area (Å²) in [6, 6.07) is 23.4. The Bertz CT molecular complexity index is 1240. The normalized spacial score (nSPS) is 13.3. The Morgan fingerprint density at radius 1 is 1.06 bits per heavy atom. The number of aliphatic hydroxyl groups excluding tert-OH is 1. The van der Waals surface area contributed by atoms with Crippen molar-refractivity contribution < 1.29 is 9.84 Å². The van der Waals surface area contributed by atoms with Crippen LogP contribution in [0.2, 0.25) is 0 Å². The van der Waals surface area contributed by atoms with E-state index in [1.54, 1.807) is 12.1 Å². The van der Waals surface area contributed by atoms with Gasteiger partial charge in [-0.25, -0.2) is 4.98 Å². The number of halogens is 1. The average molecular weight is 479 g/mol. The lowest BCUT2D eigenvalue weighted by Gasteiger charge is -2.23. The Hall–Kier alpha value is -2.80. The van der Waals surface area contributed by atoms with Gasteiger partial charge in [-0.2, -0.15) is 0 Å². The van der Waals surface area contributed by atoms with Crippen LogP contribution in [0, 0.1) is 6.92 Å². The molecule has 1 N–H and O–H groups in total. The number of aryl methyl sites for hydroxylation is 1. The second-order valence-electron chi connectivity index (χ2n) is 7.50. The fraction of sp³-hybridized carbons (Fsp3) is 0.200. The van der Waals surface area contributed by atoms with E-state index < -0.39 is 6.10 Å². The molecule has 0 aliphatic rings. The predicted molar refractivity (Wildman–Crippen MR) is 125 cm³/mol. The number of nitrogens with zero attached hydrogens (tertiary/aromatic N) is 2. The monoisotopic (exact) mass is 478 g/mol. The van der Waals surface area contributed by atoms with Gasteiger partial charge in [0.05, 0.1) is 36.5 Å². The molecule has 158 valence electrons. The van der Waals surface area contributed by atoms with E-state index in [1.165, 1.54) is 10.9 Å². The summed E-state index contributed by atoms with van der Waals surface area (Å²) in [4.78, 5) is 17.1. The molecule has 0 radical (unpaired) electrons. The van der Waals surface area contributed by atoms with Crippen molar-refractivity contribution in [2.75, 3.05) is 6.61 Å². The highest BCUT2D eigenvalue weighted by Gasteiger charge is 2.19. The Balaban J connectivity index is 1.53. The van der Waals surface area contributed by atoms with Crippen LogP contribution in [-0.2, 0) is 11.3 Å². The fourth-order valence-electron chi connectivity index (χ4n) is 3.62. The van der Waals surface area contributed by atoms with Crippen molar-refractivity contribution in [1.29, 1.82) is 0 Å². The second-order valence-corrected chi connectivity index (χ2v) is 8.41. The number of ether oxygens (including phenoxy) is 1. The molecule has 0 aliphatic heterocycles. The summed E-state index contributed by atoms with van der Waals surface area (Å²) in [5.74, 6) is 0. The minimum atomic E-state index is -0.862. The standard InChI is InChI=1S/C25H23BrN2O3/c1-17-7-5-6-10-21(17)24(18-8-3-2-4-9-18)31-15-20(29)14-28-16-27-23-12-11-19(26)13-22(23)25(28)30/h2-13,16,20,24,29H,14-15H2,1H3. The third kappa shape index (κ3) is 4.93. The number of hydrogen-bond acceptors (Lipinski definition) is 4. The number of fused-ring (bicyclic) bond motifs is 1. The molecule has 6 heteroatoms. The van der Waals surface area contributed by atoms with Crippen molar-refractivity contribution in [3.63, 3.8) is 0 Å². The smallest absolute Gasteiger partial charge is 0.261 e. The Morgan fingerprint density at radius 3 is 2.58 bits per heavy atom. The van der Waals surface area contributed by atoms with Crippen LogP contribution in [-0.4, -0.2) is 27.4 Å². The molecule has 1 heterocycles. The lowest BCUT2D eigenvalue weighted by molar-refractivity contribution is -0.00119. The van der Waals surface area contributed by atoms with E-state index >= 15 is 0 Å². The molecule has 4 aromatic rings. The number of rotatable bonds is 7. The minimum Gasteiger partial charge on any atom is -0.389 e. The van der Waals surface area contributed by atoms with Gasteiger partial charge in [0.1, 0.15) is 6.10 Å². The van der Waals surface area contributed by atoms with E-state index in [0.29, 0.717) is 10.9 Å². The zero-order valence-electron chi connectivity index (χ0n) is 17.1. The molecule has 3 aromatic carbocycles. The molecule has 0 spiro atoms. The van der Waals surface area contributed by atoms with Gasteiger partial charge in [0.25, 0.3) is 5.56 Å². The fourth-order valence-corrected chi connectivity index (χ4v) is 3.98. The van der Waals surface area contributed by atoms with E-state index in [1.807, 2.05) is 67.6 Å². The predicted octanol–water partition coefficient (Wildman–Crippen LogP) is 4.63. The largest absolute Gasteiger partial charge is 0.389 e. The zero-order chi connectivity index (χ0) is 21.8. The van der Waals surface area contributed by atoms with E-state index in [0.717, 1.165) is 21.2 Å². The van der Waals surface area contributed by atoms with E-state index in [2.05, 4.69) is 20.9 Å². The highest BCUT2D eigenvalue weighted by atomic mass is 79.9. The van der Waals surface area contributed by atoms with E-state index in [-0.39, 0.29) is 24.8 Å². The Kier molecular flexibility index (Phi) is 6.61. The maximum absolute atomic E-state index is 12.8. The van der Waals surface area contributed by atoms with Crippen LogP contribution in [0.5, 0.6) is 0 Å². The van der Waals surface area contributed by atoms with Crippen LogP contribution in [0.4, 0.5) is 0 Å². The van der Waals surface area contributed by atoms with Crippen molar-refractivity contribution in [2.24, 2.45) is 0 Å². The minimum absolute atomic E-state index is 0.0802. The molecule has 4 rings (SSSR count). The molecule has 0 aliphatic carbocycles. The molecular weight excluding hydrogens is 456 g/mol. The van der Waals surface area contributed by atoms with Gasteiger partial charge in [0, 0.05) is 4.47 Å². The molecule has 0 saturated heterocycles. The molecule has 0 saturated carbocycles. The number of aromatic nitrogens is 2. The maximum atomic E-state index is 12.8. The molecule has 31 heavy (non-hydrogen) atoms. The summed E-state index contributed by atoms with van der Waals surface area (Å²) < 4.78 is 8.42. The van der Waals surface area contributed by atoms with Crippen LogP contribution in [0.3, 0.4) is 0 Å². The first-order valence-electron chi connectivity index (χ1n) is 10.1. The third-order valence-corrected chi connectivity index (χ3v) is 5.72. The van der Waals surface area contributed by atoms with Gasteiger partial charge in [-0.1, -0.05) is 70.5 Å². The van der Waals surface area contributed by atoms with E-state index in [4.69, 9.17) is 4.74 Å². The second kappa shape index (κ2) is 9.56. The zero-order valence-corrected chi connectivity index (χ0v) is 18.7. The van der Waals surface area contributed by atoms with Crippen molar-refractivity contribution >= 4 is 26.8 Å². The first kappa shape index (κ1) is 21.4. The number of benzene rings is 3. The van der Waals surface area contributed by atoms with Gasteiger partial charge in [0.15, 0.2) is 0 Å². The molecule has 0 amide bonds. The molecule has 0 fully saturated rings. The first-order valence-corrected chi connectivity index (χ1v) is 10.9. The quantitative estimate of drug-likeness (QED) is 0.420. The number of aliphatic hydroxyl groups is 1. The van der Waals surface area contributed by atoms with Crippen molar-refractivity contribution in [1.82, 2.24) is 9.55 Å². The first-order chi connectivity index (χ1) is 15.0. The lowest BCUT2D eigenvalue weighted by Crippen LogP contribution is -2.30. The van der Waals surface area contributed by atoms with Gasteiger partial charge in [-0.15, -0.1) is 0 Å². The summed E-state index contributed by atoms with van der Waals surface area (Å²) >= 11 is 3.39. The molecule has 1 aromatic heterocycles. The van der Waals surface area contributed by atoms with E-state index in [9.17, 15) is 9.90 Å². The van der Waals surface area contributed by atoms with Crippen LogP contribution in [0.1, 0.15) is 22.8 Å². The molecular formula is C25H23BrN2O3. The summed E-state index contributed by atoms with van der Waals surface area (Å²) in [6.45, 7) is 2.23. The maximum Gasteiger partial charge on any atom is 0.261 e. The molecule has 0 bridgehead atoms. The highest BCUT2D eigenvalue weighted by molar-refractivity contribution is 9.10. The van der Waals surface area contributed by atoms with Crippen LogP contribution < -0.4 is 5.56 Å². The van der Waals surface area contributed by atoms with Crippen molar-refractivity contribution in [2.45, 2.75) is 25.7 Å². The average Bonchev–Trinajstić information content (AvgIpc) is 2.78. The summed E-state index contributed by atoms with van der Waals surface area (Å²) in [5, 5.41) is 11.2. The van der Waals surface area contributed by atoms with Crippen LogP contribution >= 0.6 is 15.9 Å². The van der Waals surface area contributed by atoms with Gasteiger partial charge in [-0.3, -0.25) is 9.36 Å². The van der Waals surface area contributed by atoms with Crippen LogP contribution in [0.15, 0.2) is 88.4 Å². The summed E-state index contributed by atoms with van der Waals surface area (Å²) in [6.07, 6.45) is 0.302. The lowest BCUT2D eigenvalue weighted by atomic mass is 9.97. The Morgan fingerprint density at radius 2 is 1.81 bits per heavy atom.